The summed E-state index contributed by atoms with van der Waals surface area (Å²) in [6.45, 7) is 0. The van der Waals surface area contributed by atoms with Gasteiger partial charge in [-0.05, 0) is 22.4 Å². The standard InChI is InChI=1S/C21H14F3N3O2/c22-21(23,24)19-16-7-3-4-8-17(16)20(29)27(26-19)25-18(28)12-13-9-10-14-5-1-2-6-15(14)11-13/h1-11H,12H2,(H,25,28). The third-order valence-corrected chi connectivity index (χ3v) is 4.48. The Morgan fingerprint density at radius 2 is 1.59 bits per heavy atom. The highest BCUT2D eigenvalue weighted by Crippen LogP contribution is 2.31. The quantitative estimate of drug-likeness (QED) is 0.571. The Labute approximate surface area is 162 Å². The first-order valence-corrected chi connectivity index (χ1v) is 8.70. The van der Waals surface area contributed by atoms with Gasteiger partial charge in [-0.15, -0.1) is 9.89 Å². The molecule has 0 fully saturated rings. The third kappa shape index (κ3) is 3.69. The van der Waals surface area contributed by atoms with Gasteiger partial charge in [-0.3, -0.25) is 9.59 Å². The molecule has 0 unspecified atom stereocenters. The summed E-state index contributed by atoms with van der Waals surface area (Å²) < 4.78 is 40.1. The van der Waals surface area contributed by atoms with Crippen LogP contribution >= 0.6 is 0 Å². The van der Waals surface area contributed by atoms with Crippen LogP contribution in [0.2, 0.25) is 0 Å². The van der Waals surface area contributed by atoms with Crippen molar-refractivity contribution in [3.05, 3.63) is 88.3 Å². The van der Waals surface area contributed by atoms with Crippen molar-refractivity contribution in [2.45, 2.75) is 12.6 Å². The fourth-order valence-corrected chi connectivity index (χ4v) is 3.17. The third-order valence-electron chi connectivity index (χ3n) is 4.48. The van der Waals surface area contributed by atoms with E-state index in [4.69, 9.17) is 0 Å². The number of benzene rings is 3. The van der Waals surface area contributed by atoms with Crippen molar-refractivity contribution in [1.29, 1.82) is 0 Å². The van der Waals surface area contributed by atoms with Crippen molar-refractivity contribution in [2.75, 3.05) is 5.43 Å². The lowest BCUT2D eigenvalue weighted by atomic mass is 10.1. The Hall–Kier alpha value is -3.68. The second-order valence-corrected chi connectivity index (χ2v) is 6.50. The summed E-state index contributed by atoms with van der Waals surface area (Å²) in [7, 11) is 0. The molecule has 0 aliphatic heterocycles. The highest BCUT2D eigenvalue weighted by molar-refractivity contribution is 5.89. The first-order valence-electron chi connectivity index (χ1n) is 8.70. The zero-order valence-electron chi connectivity index (χ0n) is 14.9. The van der Waals surface area contributed by atoms with E-state index in [0.29, 0.717) is 10.4 Å². The Kier molecular flexibility index (Phi) is 4.54. The van der Waals surface area contributed by atoms with Gasteiger partial charge < -0.3 is 0 Å². The molecule has 1 heterocycles. The van der Waals surface area contributed by atoms with E-state index in [1.807, 2.05) is 36.4 Å². The molecule has 146 valence electrons. The molecule has 1 amide bonds. The number of fused-ring (bicyclic) bond motifs is 2. The van der Waals surface area contributed by atoms with Gasteiger partial charge in [0.15, 0.2) is 5.69 Å². The molecule has 0 bridgehead atoms. The normalized spacial score (nSPS) is 11.7. The second kappa shape index (κ2) is 7.05. The van der Waals surface area contributed by atoms with Gasteiger partial charge in [0.1, 0.15) is 0 Å². The van der Waals surface area contributed by atoms with E-state index in [1.165, 1.54) is 24.3 Å². The number of carbonyl (C=O) groups excluding carboxylic acids is 1. The summed E-state index contributed by atoms with van der Waals surface area (Å²) in [5.41, 5.74) is 0.754. The van der Waals surface area contributed by atoms with E-state index in [1.54, 1.807) is 6.07 Å². The predicted octanol–water partition coefficient (Wildman–Crippen LogP) is 3.88. The molecule has 0 atom stereocenters. The van der Waals surface area contributed by atoms with E-state index < -0.39 is 23.3 Å². The van der Waals surface area contributed by atoms with Crippen LogP contribution < -0.4 is 11.0 Å². The molecule has 0 spiro atoms. The molecule has 0 saturated heterocycles. The van der Waals surface area contributed by atoms with Gasteiger partial charge >= 0.3 is 6.18 Å². The van der Waals surface area contributed by atoms with Crippen molar-refractivity contribution >= 4 is 27.5 Å². The van der Waals surface area contributed by atoms with E-state index in [-0.39, 0.29) is 17.2 Å². The molecule has 8 heteroatoms. The zero-order chi connectivity index (χ0) is 20.6. The van der Waals surface area contributed by atoms with Gasteiger partial charge in [-0.1, -0.05) is 60.7 Å². The molecule has 0 aliphatic carbocycles. The fraction of sp³-hybridized carbons (Fsp3) is 0.0952. The minimum absolute atomic E-state index is 0.118. The van der Waals surface area contributed by atoms with Crippen LogP contribution in [0.1, 0.15) is 11.3 Å². The Bertz CT molecular complexity index is 1300. The van der Waals surface area contributed by atoms with E-state index in [9.17, 15) is 22.8 Å². The van der Waals surface area contributed by atoms with Crippen molar-refractivity contribution in [3.63, 3.8) is 0 Å². The summed E-state index contributed by atoms with van der Waals surface area (Å²) in [4.78, 5) is 25.2. The summed E-state index contributed by atoms with van der Waals surface area (Å²) in [5.74, 6) is -0.654. The lowest BCUT2D eigenvalue weighted by Gasteiger charge is -2.13. The monoisotopic (exact) mass is 397 g/mol. The molecule has 29 heavy (non-hydrogen) atoms. The van der Waals surface area contributed by atoms with E-state index in [2.05, 4.69) is 10.5 Å². The molecular weight excluding hydrogens is 383 g/mol. The van der Waals surface area contributed by atoms with Crippen LogP contribution in [-0.4, -0.2) is 15.8 Å². The topological polar surface area (TPSA) is 64.0 Å². The van der Waals surface area contributed by atoms with Crippen LogP contribution in [0.25, 0.3) is 21.5 Å². The molecule has 0 saturated carbocycles. The lowest BCUT2D eigenvalue weighted by molar-refractivity contribution is -0.141. The van der Waals surface area contributed by atoms with Crippen molar-refractivity contribution in [1.82, 2.24) is 9.89 Å². The molecule has 1 N–H and O–H groups in total. The first-order chi connectivity index (χ1) is 13.8. The van der Waals surface area contributed by atoms with Gasteiger partial charge in [-0.25, -0.2) is 5.43 Å². The number of nitrogens with one attached hydrogen (secondary N) is 1. The SMILES string of the molecule is O=C(Cc1ccc2ccccc2c1)Nn1nc(C(F)(F)F)c2ccccc2c1=O. The highest BCUT2D eigenvalue weighted by Gasteiger charge is 2.36. The number of carbonyl (C=O) groups is 1. The largest absolute Gasteiger partial charge is 0.435 e. The average molecular weight is 397 g/mol. The van der Waals surface area contributed by atoms with Gasteiger partial charge in [0.05, 0.1) is 11.8 Å². The van der Waals surface area contributed by atoms with Crippen LogP contribution in [0, 0.1) is 0 Å². The number of nitrogens with zero attached hydrogens (tertiary/aromatic N) is 2. The van der Waals surface area contributed by atoms with Crippen LogP contribution in [0.3, 0.4) is 0 Å². The average Bonchev–Trinajstić information content (AvgIpc) is 2.69. The number of hydrogen-bond acceptors (Lipinski definition) is 3. The van der Waals surface area contributed by atoms with Crippen molar-refractivity contribution in [2.24, 2.45) is 0 Å². The summed E-state index contributed by atoms with van der Waals surface area (Å²) in [5, 5.41) is 4.78. The van der Waals surface area contributed by atoms with Gasteiger partial charge in [-0.2, -0.15) is 13.2 Å². The van der Waals surface area contributed by atoms with Crippen molar-refractivity contribution in [3.8, 4) is 0 Å². The Balaban J connectivity index is 1.67. The van der Waals surface area contributed by atoms with E-state index in [0.717, 1.165) is 10.8 Å². The smallest absolute Gasteiger partial charge is 0.273 e. The van der Waals surface area contributed by atoms with Crippen LogP contribution in [0.15, 0.2) is 71.5 Å². The molecule has 0 radical (unpaired) electrons. The molecule has 4 rings (SSSR count). The first kappa shape index (κ1) is 18.7. The minimum Gasteiger partial charge on any atom is -0.273 e. The Morgan fingerprint density at radius 1 is 0.931 bits per heavy atom. The molecule has 3 aromatic carbocycles. The van der Waals surface area contributed by atoms with Crippen LogP contribution in [0.5, 0.6) is 0 Å². The molecular formula is C21H14F3N3O2. The van der Waals surface area contributed by atoms with Crippen LogP contribution in [0.4, 0.5) is 13.2 Å². The number of amides is 1. The molecule has 4 aromatic rings. The molecule has 5 nitrogen and oxygen atoms in total. The number of aromatic nitrogens is 2. The van der Waals surface area contributed by atoms with Crippen molar-refractivity contribution < 1.29 is 18.0 Å². The Morgan fingerprint density at radius 3 is 2.31 bits per heavy atom. The molecule has 1 aromatic heterocycles. The van der Waals surface area contributed by atoms with Gasteiger partial charge in [0, 0.05) is 5.39 Å². The maximum absolute atomic E-state index is 13.4. The maximum Gasteiger partial charge on any atom is 0.435 e. The number of alkyl halides is 3. The summed E-state index contributed by atoms with van der Waals surface area (Å²) in [6, 6.07) is 18.3. The highest BCUT2D eigenvalue weighted by atomic mass is 19.4. The number of halogens is 3. The van der Waals surface area contributed by atoms with Gasteiger partial charge in [0.2, 0.25) is 5.91 Å². The number of hydrogen-bond donors (Lipinski definition) is 1. The summed E-state index contributed by atoms with van der Waals surface area (Å²) in [6.07, 6.45) is -4.90. The maximum atomic E-state index is 13.4. The van der Waals surface area contributed by atoms with E-state index >= 15 is 0 Å². The summed E-state index contributed by atoms with van der Waals surface area (Å²) >= 11 is 0. The fourth-order valence-electron chi connectivity index (χ4n) is 3.17. The second-order valence-electron chi connectivity index (χ2n) is 6.50. The predicted molar refractivity (Wildman–Crippen MR) is 103 cm³/mol. The number of rotatable bonds is 3. The molecule has 0 aliphatic rings. The zero-order valence-corrected chi connectivity index (χ0v) is 14.9. The lowest BCUT2D eigenvalue weighted by Crippen LogP contribution is -2.37. The minimum atomic E-state index is -4.78. The van der Waals surface area contributed by atoms with Gasteiger partial charge in [0.25, 0.3) is 5.56 Å². The van der Waals surface area contributed by atoms with Crippen LogP contribution in [-0.2, 0) is 17.4 Å².